The minimum Gasteiger partial charge on any atom is -0.368 e. The molecular weight excluding hydrogens is 495 g/mol. The summed E-state index contributed by atoms with van der Waals surface area (Å²) in [5.74, 6) is -1.34. The Hall–Kier alpha value is -2.98. The van der Waals surface area contributed by atoms with Crippen LogP contribution in [0.5, 0.6) is 0 Å². The van der Waals surface area contributed by atoms with E-state index < -0.39 is 33.0 Å². The van der Waals surface area contributed by atoms with Gasteiger partial charge in [0.05, 0.1) is 5.25 Å². The number of nitrogens with zero attached hydrogens (tertiary/aromatic N) is 3. The van der Waals surface area contributed by atoms with Gasteiger partial charge in [0, 0.05) is 50.4 Å². The fraction of sp³-hybridized carbons (Fsp3) is 0.481. The van der Waals surface area contributed by atoms with Crippen LogP contribution in [-0.4, -0.2) is 66.4 Å². The van der Waals surface area contributed by atoms with E-state index >= 15 is 4.39 Å². The molecule has 2 saturated heterocycles. The molecule has 0 saturated carbocycles. The first-order valence-corrected chi connectivity index (χ1v) is 14.2. The molecule has 200 valence electrons. The standard InChI is InChI=1S/C27H35FN4O4S/c1-19-8-12-24(13-9-21-6-4-3-5-7-21)37(35,36)32(19)17-22-10-11-23(16-25(22)28)30-14-15-31(20(2)33)26(18-30)27(29)34/h3-7,10-11,16,19,24,26H,8-9,12-15,17-18H2,1-2H3,(H2,29,34). The van der Waals surface area contributed by atoms with Crippen molar-refractivity contribution < 1.29 is 22.4 Å². The average molecular weight is 531 g/mol. The predicted molar refractivity (Wildman–Crippen MR) is 141 cm³/mol. The molecule has 10 heteroatoms. The van der Waals surface area contributed by atoms with Crippen molar-refractivity contribution in [3.05, 3.63) is 65.5 Å². The summed E-state index contributed by atoms with van der Waals surface area (Å²) in [6.07, 6.45) is 2.54. The van der Waals surface area contributed by atoms with Gasteiger partial charge in [0.2, 0.25) is 21.8 Å². The molecule has 4 rings (SSSR count). The topological polar surface area (TPSA) is 104 Å². The Morgan fingerprint density at radius 2 is 1.81 bits per heavy atom. The molecule has 0 spiro atoms. The van der Waals surface area contributed by atoms with Gasteiger partial charge in [-0.3, -0.25) is 9.59 Å². The third kappa shape index (κ3) is 5.96. The summed E-state index contributed by atoms with van der Waals surface area (Å²) >= 11 is 0. The maximum absolute atomic E-state index is 15.3. The summed E-state index contributed by atoms with van der Waals surface area (Å²) in [4.78, 5) is 27.0. The van der Waals surface area contributed by atoms with Gasteiger partial charge in [0.1, 0.15) is 11.9 Å². The van der Waals surface area contributed by atoms with Crippen molar-refractivity contribution in [1.29, 1.82) is 0 Å². The van der Waals surface area contributed by atoms with Crippen LogP contribution in [0.2, 0.25) is 0 Å². The average Bonchev–Trinajstić information content (AvgIpc) is 2.87. The predicted octanol–water partition coefficient (Wildman–Crippen LogP) is 2.66. The summed E-state index contributed by atoms with van der Waals surface area (Å²) < 4.78 is 43.7. The molecule has 2 N–H and O–H groups in total. The highest BCUT2D eigenvalue weighted by atomic mass is 32.2. The van der Waals surface area contributed by atoms with Gasteiger partial charge in [0.25, 0.3) is 0 Å². The van der Waals surface area contributed by atoms with E-state index in [4.69, 9.17) is 5.73 Å². The second kappa shape index (κ2) is 11.2. The van der Waals surface area contributed by atoms with Gasteiger partial charge < -0.3 is 15.5 Å². The van der Waals surface area contributed by atoms with Crippen LogP contribution in [0.25, 0.3) is 0 Å². The Morgan fingerprint density at radius 1 is 1.08 bits per heavy atom. The first kappa shape index (κ1) is 27.1. The molecule has 2 heterocycles. The number of carbonyl (C=O) groups is 2. The lowest BCUT2D eigenvalue weighted by atomic mass is 10.0. The number of anilines is 1. The van der Waals surface area contributed by atoms with Crippen LogP contribution in [0, 0.1) is 5.82 Å². The van der Waals surface area contributed by atoms with Crippen molar-refractivity contribution in [2.45, 2.75) is 63.4 Å². The Labute approximate surface area is 218 Å². The number of piperazine rings is 1. The number of rotatable bonds is 7. The van der Waals surface area contributed by atoms with Gasteiger partial charge in [-0.05, 0) is 50.3 Å². The van der Waals surface area contributed by atoms with Crippen LogP contribution < -0.4 is 10.6 Å². The highest BCUT2D eigenvalue weighted by Gasteiger charge is 2.39. The molecule has 2 aliphatic rings. The number of amides is 2. The van der Waals surface area contributed by atoms with Crippen molar-refractivity contribution in [2.75, 3.05) is 24.5 Å². The van der Waals surface area contributed by atoms with Gasteiger partial charge in [-0.25, -0.2) is 12.8 Å². The molecule has 2 amide bonds. The number of carbonyl (C=O) groups excluding carboxylic acids is 2. The molecule has 37 heavy (non-hydrogen) atoms. The first-order valence-electron chi connectivity index (χ1n) is 12.7. The van der Waals surface area contributed by atoms with Crippen LogP contribution in [0.3, 0.4) is 0 Å². The number of aryl methyl sites for hydroxylation is 1. The molecule has 2 aliphatic heterocycles. The Kier molecular flexibility index (Phi) is 8.18. The van der Waals surface area contributed by atoms with E-state index in [0.29, 0.717) is 43.6 Å². The smallest absolute Gasteiger partial charge is 0.242 e. The highest BCUT2D eigenvalue weighted by molar-refractivity contribution is 7.89. The van der Waals surface area contributed by atoms with E-state index in [9.17, 15) is 18.0 Å². The molecule has 3 unspecified atom stereocenters. The fourth-order valence-corrected chi connectivity index (χ4v) is 7.50. The van der Waals surface area contributed by atoms with Gasteiger partial charge in [0.15, 0.2) is 0 Å². The Balaban J connectivity index is 1.47. The summed E-state index contributed by atoms with van der Waals surface area (Å²) in [5, 5.41) is -0.491. The zero-order valence-electron chi connectivity index (χ0n) is 21.3. The second-order valence-electron chi connectivity index (χ2n) is 10.0. The molecule has 8 nitrogen and oxygen atoms in total. The second-order valence-corrected chi connectivity index (χ2v) is 12.2. The largest absolute Gasteiger partial charge is 0.368 e. The molecule has 2 fully saturated rings. The van der Waals surface area contributed by atoms with Crippen LogP contribution in [0.4, 0.5) is 10.1 Å². The van der Waals surface area contributed by atoms with E-state index in [1.54, 1.807) is 12.1 Å². The van der Waals surface area contributed by atoms with Gasteiger partial charge in [-0.1, -0.05) is 36.4 Å². The summed E-state index contributed by atoms with van der Waals surface area (Å²) in [6.45, 7) is 4.15. The van der Waals surface area contributed by atoms with Crippen LogP contribution in [0.15, 0.2) is 48.5 Å². The van der Waals surface area contributed by atoms with Crippen LogP contribution in [0.1, 0.15) is 44.2 Å². The lowest BCUT2D eigenvalue weighted by Crippen LogP contribution is -2.59. The quantitative estimate of drug-likeness (QED) is 0.593. The SMILES string of the molecule is CC(=O)N1CCN(c2ccc(CN3C(C)CCC(CCc4ccccc4)S3(=O)=O)c(F)c2)CC1C(N)=O. The number of benzene rings is 2. The monoisotopic (exact) mass is 530 g/mol. The molecular formula is C27H35FN4O4S. The molecule has 0 aliphatic carbocycles. The maximum atomic E-state index is 15.3. The first-order chi connectivity index (χ1) is 17.6. The molecule has 0 bridgehead atoms. The molecule has 2 aromatic rings. The van der Waals surface area contributed by atoms with E-state index in [1.807, 2.05) is 42.2 Å². The minimum atomic E-state index is -3.59. The van der Waals surface area contributed by atoms with Crippen molar-refractivity contribution in [3.8, 4) is 0 Å². The highest BCUT2D eigenvalue weighted by Crippen LogP contribution is 2.32. The lowest BCUT2D eigenvalue weighted by molar-refractivity contribution is -0.138. The molecule has 2 aromatic carbocycles. The van der Waals surface area contributed by atoms with E-state index in [2.05, 4.69) is 0 Å². The molecule has 0 radical (unpaired) electrons. The summed E-state index contributed by atoms with van der Waals surface area (Å²) in [6, 6.07) is 13.5. The number of primary amides is 1. The summed E-state index contributed by atoms with van der Waals surface area (Å²) in [7, 11) is -3.59. The third-order valence-corrected chi connectivity index (χ3v) is 10.0. The summed E-state index contributed by atoms with van der Waals surface area (Å²) in [5.41, 5.74) is 7.47. The van der Waals surface area contributed by atoms with Crippen LogP contribution in [-0.2, 0) is 32.6 Å². The van der Waals surface area contributed by atoms with Crippen molar-refractivity contribution in [3.63, 3.8) is 0 Å². The number of halogens is 1. The Bertz CT molecular complexity index is 1240. The van der Waals surface area contributed by atoms with E-state index in [-0.39, 0.29) is 25.0 Å². The minimum absolute atomic E-state index is 0.0283. The van der Waals surface area contributed by atoms with Gasteiger partial charge in [-0.15, -0.1) is 0 Å². The fourth-order valence-electron chi connectivity index (χ4n) is 5.34. The van der Waals surface area contributed by atoms with Crippen molar-refractivity contribution in [2.24, 2.45) is 5.73 Å². The van der Waals surface area contributed by atoms with Gasteiger partial charge in [-0.2, -0.15) is 4.31 Å². The third-order valence-electron chi connectivity index (χ3n) is 7.59. The van der Waals surface area contributed by atoms with E-state index in [0.717, 1.165) is 12.0 Å². The Morgan fingerprint density at radius 3 is 2.46 bits per heavy atom. The number of hydrogen-bond acceptors (Lipinski definition) is 5. The van der Waals surface area contributed by atoms with Crippen LogP contribution >= 0.6 is 0 Å². The van der Waals surface area contributed by atoms with Crippen molar-refractivity contribution >= 4 is 27.5 Å². The van der Waals surface area contributed by atoms with Crippen molar-refractivity contribution in [1.82, 2.24) is 9.21 Å². The number of sulfonamides is 1. The maximum Gasteiger partial charge on any atom is 0.242 e. The molecule has 0 aromatic heterocycles. The van der Waals surface area contributed by atoms with E-state index in [1.165, 1.54) is 22.2 Å². The number of nitrogens with two attached hydrogens (primary N) is 1. The number of hydrogen-bond donors (Lipinski definition) is 1. The van der Waals surface area contributed by atoms with Gasteiger partial charge >= 0.3 is 0 Å². The molecule has 3 atom stereocenters. The zero-order chi connectivity index (χ0) is 26.7. The zero-order valence-corrected chi connectivity index (χ0v) is 22.2. The lowest BCUT2D eigenvalue weighted by Gasteiger charge is -2.40. The normalized spacial score (nSPS) is 24.1.